The molecule has 0 saturated carbocycles. The van der Waals surface area contributed by atoms with Crippen molar-refractivity contribution in [1.82, 2.24) is 0 Å². The van der Waals surface area contributed by atoms with Gasteiger partial charge in [0.05, 0.1) is 16.6 Å². The van der Waals surface area contributed by atoms with Gasteiger partial charge in [-0.15, -0.1) is 11.6 Å². The quantitative estimate of drug-likeness (QED) is 0.474. The van der Waals surface area contributed by atoms with Gasteiger partial charge < -0.3 is 9.47 Å². The van der Waals surface area contributed by atoms with E-state index >= 15 is 0 Å². The largest absolute Gasteiger partial charge is 0.316 e. The zero-order chi connectivity index (χ0) is 14.0. The highest BCUT2D eigenvalue weighted by atomic mass is 35.5. The number of nitro benzene ring substituents is 1. The van der Waals surface area contributed by atoms with Crippen LogP contribution in [-0.2, 0) is 15.3 Å². The molecule has 2 rings (SSSR count). The lowest BCUT2D eigenvalue weighted by Gasteiger charge is -2.45. The molecule has 1 aromatic carbocycles. The third-order valence-corrected chi connectivity index (χ3v) is 3.20. The summed E-state index contributed by atoms with van der Waals surface area (Å²) in [6.45, 7) is 1.57. The topological polar surface area (TPSA) is 61.6 Å². The Labute approximate surface area is 114 Å². The van der Waals surface area contributed by atoms with Gasteiger partial charge in [-0.05, 0) is 31.9 Å². The van der Waals surface area contributed by atoms with Gasteiger partial charge in [0.2, 0.25) is 5.79 Å². The normalized spacial score (nSPS) is 25.9. The van der Waals surface area contributed by atoms with Crippen LogP contribution in [0.5, 0.6) is 0 Å². The van der Waals surface area contributed by atoms with Crippen molar-refractivity contribution in [2.24, 2.45) is 0 Å². The average molecular weight is 290 g/mol. The van der Waals surface area contributed by atoms with Gasteiger partial charge >= 0.3 is 0 Å². The molecule has 0 atom stereocenters. The second-order valence-corrected chi connectivity index (χ2v) is 4.74. The Morgan fingerprint density at radius 2 is 2.21 bits per heavy atom. The van der Waals surface area contributed by atoms with Gasteiger partial charge in [-0.2, -0.15) is 0 Å². The van der Waals surface area contributed by atoms with Crippen LogP contribution in [0.15, 0.2) is 18.2 Å². The highest BCUT2D eigenvalue weighted by Gasteiger charge is 2.47. The summed E-state index contributed by atoms with van der Waals surface area (Å²) in [5.41, 5.74) is -0.140. The molecule has 0 spiro atoms. The molecule has 0 unspecified atom stereocenters. The number of nitrogens with zero attached hydrogens (tertiary/aromatic N) is 1. The predicted molar refractivity (Wildman–Crippen MR) is 66.3 cm³/mol. The first-order valence-corrected chi connectivity index (χ1v) is 6.36. The van der Waals surface area contributed by atoms with Crippen molar-refractivity contribution in [3.05, 3.63) is 39.7 Å². The molecule has 0 amide bonds. The van der Waals surface area contributed by atoms with Crippen LogP contribution < -0.4 is 0 Å². The van der Waals surface area contributed by atoms with E-state index < -0.39 is 22.8 Å². The summed E-state index contributed by atoms with van der Waals surface area (Å²) in [4.78, 5) is 10.3. The lowest BCUT2D eigenvalue weighted by molar-refractivity contribution is -0.461. The minimum absolute atomic E-state index is 0.209. The van der Waals surface area contributed by atoms with Crippen molar-refractivity contribution < 1.29 is 18.8 Å². The summed E-state index contributed by atoms with van der Waals surface area (Å²) < 4.78 is 24.1. The zero-order valence-electron chi connectivity index (χ0n) is 10.3. The number of hydrogen-bond donors (Lipinski definition) is 0. The van der Waals surface area contributed by atoms with Gasteiger partial charge in [0.15, 0.2) is 6.29 Å². The third-order valence-electron chi connectivity index (χ3n) is 2.93. The number of alkyl halides is 1. The lowest BCUT2D eigenvalue weighted by atomic mass is 10.0. The number of ether oxygens (including phenoxy) is 2. The van der Waals surface area contributed by atoms with Crippen LogP contribution in [-0.4, -0.2) is 17.1 Å². The fraction of sp³-hybridized carbons (Fsp3) is 0.500. The molecule has 19 heavy (non-hydrogen) atoms. The van der Waals surface area contributed by atoms with Gasteiger partial charge in [0.1, 0.15) is 5.82 Å². The van der Waals surface area contributed by atoms with E-state index in [0.29, 0.717) is 12.3 Å². The van der Waals surface area contributed by atoms with E-state index in [4.69, 9.17) is 21.1 Å². The molecule has 0 N–H and O–H groups in total. The SMILES string of the molecule is CC1(c2ccc(F)cc2[N+](=O)[O-])OC(CCCCl)O1. The average Bonchev–Trinajstić information content (AvgIpc) is 2.33. The highest BCUT2D eigenvalue weighted by molar-refractivity contribution is 6.17. The summed E-state index contributed by atoms with van der Waals surface area (Å²) >= 11 is 5.56. The van der Waals surface area contributed by atoms with Crippen LogP contribution in [0, 0.1) is 15.9 Å². The van der Waals surface area contributed by atoms with E-state index in [9.17, 15) is 14.5 Å². The fourth-order valence-electron chi connectivity index (χ4n) is 2.04. The molecule has 7 heteroatoms. The molecule has 1 heterocycles. The first-order chi connectivity index (χ1) is 8.96. The Bertz CT molecular complexity index is 491. The number of rotatable bonds is 5. The monoisotopic (exact) mass is 289 g/mol. The summed E-state index contributed by atoms with van der Waals surface area (Å²) in [5, 5.41) is 10.9. The molecule has 1 aliphatic heterocycles. The lowest BCUT2D eigenvalue weighted by Crippen LogP contribution is -2.49. The fourth-order valence-corrected chi connectivity index (χ4v) is 2.19. The first kappa shape index (κ1) is 14.2. The summed E-state index contributed by atoms with van der Waals surface area (Å²) in [5.74, 6) is -1.37. The molecule has 0 radical (unpaired) electrons. The molecule has 1 aliphatic rings. The standard InChI is InChI=1S/C12H13ClFNO4/c1-12(18-11(19-12)3-2-6-13)9-5-4-8(14)7-10(9)15(16)17/h4-5,7,11H,2-3,6H2,1H3. The van der Waals surface area contributed by atoms with Crippen LogP contribution in [0.25, 0.3) is 0 Å². The van der Waals surface area contributed by atoms with E-state index in [1.165, 1.54) is 6.07 Å². The van der Waals surface area contributed by atoms with Crippen molar-refractivity contribution in [2.75, 3.05) is 5.88 Å². The van der Waals surface area contributed by atoms with Crippen LogP contribution >= 0.6 is 11.6 Å². The van der Waals surface area contributed by atoms with E-state index in [2.05, 4.69) is 0 Å². The molecule has 0 bridgehead atoms. The zero-order valence-corrected chi connectivity index (χ0v) is 11.0. The first-order valence-electron chi connectivity index (χ1n) is 5.82. The van der Waals surface area contributed by atoms with Crippen LogP contribution in [0.4, 0.5) is 10.1 Å². The third kappa shape index (κ3) is 2.86. The second kappa shape index (κ2) is 5.40. The number of halogens is 2. The maximum Gasteiger partial charge on any atom is 0.280 e. The Balaban J connectivity index is 2.17. The summed E-state index contributed by atoms with van der Waals surface area (Å²) in [6.07, 6.45) is 0.926. The predicted octanol–water partition coefficient (Wildman–Crippen LogP) is 3.30. The number of hydrogen-bond acceptors (Lipinski definition) is 4. The summed E-state index contributed by atoms with van der Waals surface area (Å²) in [6, 6.07) is 3.32. The van der Waals surface area contributed by atoms with E-state index in [1.54, 1.807) is 6.92 Å². The molecule has 104 valence electrons. The summed E-state index contributed by atoms with van der Waals surface area (Å²) in [7, 11) is 0. The minimum atomic E-state index is -1.20. The van der Waals surface area contributed by atoms with Gasteiger partial charge in [-0.25, -0.2) is 4.39 Å². The van der Waals surface area contributed by atoms with E-state index in [-0.39, 0.29) is 11.3 Å². The Morgan fingerprint density at radius 3 is 2.79 bits per heavy atom. The second-order valence-electron chi connectivity index (χ2n) is 4.36. The molecule has 0 aliphatic carbocycles. The molecule has 1 saturated heterocycles. The van der Waals surface area contributed by atoms with E-state index in [0.717, 1.165) is 18.6 Å². The molecule has 0 aromatic heterocycles. The molecular formula is C12H13ClFNO4. The van der Waals surface area contributed by atoms with Gasteiger partial charge in [-0.1, -0.05) is 0 Å². The van der Waals surface area contributed by atoms with Gasteiger partial charge in [0, 0.05) is 5.88 Å². The van der Waals surface area contributed by atoms with Crippen LogP contribution in [0.3, 0.4) is 0 Å². The Morgan fingerprint density at radius 1 is 1.53 bits per heavy atom. The molecule has 1 fully saturated rings. The van der Waals surface area contributed by atoms with Crippen molar-refractivity contribution in [1.29, 1.82) is 0 Å². The smallest absolute Gasteiger partial charge is 0.280 e. The molecule has 1 aromatic rings. The van der Waals surface area contributed by atoms with Crippen molar-refractivity contribution in [3.63, 3.8) is 0 Å². The molecule has 5 nitrogen and oxygen atoms in total. The van der Waals surface area contributed by atoms with Gasteiger partial charge in [-0.3, -0.25) is 10.1 Å². The van der Waals surface area contributed by atoms with E-state index in [1.807, 2.05) is 0 Å². The van der Waals surface area contributed by atoms with Gasteiger partial charge in [0.25, 0.3) is 5.69 Å². The van der Waals surface area contributed by atoms with Crippen molar-refractivity contribution >= 4 is 17.3 Å². The van der Waals surface area contributed by atoms with Crippen molar-refractivity contribution in [2.45, 2.75) is 31.8 Å². The van der Waals surface area contributed by atoms with Crippen molar-refractivity contribution in [3.8, 4) is 0 Å². The molecular weight excluding hydrogens is 277 g/mol. The van der Waals surface area contributed by atoms with Crippen LogP contribution in [0.1, 0.15) is 25.3 Å². The van der Waals surface area contributed by atoms with Crippen LogP contribution in [0.2, 0.25) is 0 Å². The Hall–Kier alpha value is -1.24. The number of nitro groups is 1. The number of benzene rings is 1. The Kier molecular flexibility index (Phi) is 4.03. The minimum Gasteiger partial charge on any atom is -0.316 e. The highest BCUT2D eigenvalue weighted by Crippen LogP contribution is 2.43. The maximum atomic E-state index is 13.1. The maximum absolute atomic E-state index is 13.1.